The number of piperidine rings is 1. The maximum absolute atomic E-state index is 13.8. The summed E-state index contributed by atoms with van der Waals surface area (Å²) in [5, 5.41) is 6.60. The molecule has 1 fully saturated rings. The average Bonchev–Trinajstić information content (AvgIpc) is 3.22. The molecule has 154 valence electrons. The maximum atomic E-state index is 13.8. The molecule has 1 atom stereocenters. The van der Waals surface area contributed by atoms with Crippen molar-refractivity contribution in [1.29, 1.82) is 0 Å². The van der Waals surface area contributed by atoms with Gasteiger partial charge in [-0.15, -0.1) is 24.0 Å². The SMILES string of the molecule is CCNC(=NCc1ncccc1F)NCC(c1ccco1)N1CCCCC1.I. The topological polar surface area (TPSA) is 65.7 Å². The third kappa shape index (κ3) is 6.44. The predicted octanol–water partition coefficient (Wildman–Crippen LogP) is 3.71. The van der Waals surface area contributed by atoms with Crippen LogP contribution in [0.15, 0.2) is 46.1 Å². The maximum Gasteiger partial charge on any atom is 0.191 e. The molecule has 2 aromatic rings. The average molecular weight is 501 g/mol. The highest BCUT2D eigenvalue weighted by Crippen LogP contribution is 2.24. The third-order valence-electron chi connectivity index (χ3n) is 4.73. The molecule has 1 aliphatic heterocycles. The van der Waals surface area contributed by atoms with Gasteiger partial charge in [-0.3, -0.25) is 9.88 Å². The fraction of sp³-hybridized carbons (Fsp3) is 0.500. The lowest BCUT2D eigenvalue weighted by molar-refractivity contribution is 0.146. The molecule has 3 heterocycles. The van der Waals surface area contributed by atoms with Gasteiger partial charge in [0.2, 0.25) is 0 Å². The van der Waals surface area contributed by atoms with Gasteiger partial charge in [0.15, 0.2) is 5.96 Å². The summed E-state index contributed by atoms with van der Waals surface area (Å²) < 4.78 is 19.5. The summed E-state index contributed by atoms with van der Waals surface area (Å²) >= 11 is 0. The summed E-state index contributed by atoms with van der Waals surface area (Å²) in [5.41, 5.74) is 0.341. The minimum absolute atomic E-state index is 0. The van der Waals surface area contributed by atoms with Crippen LogP contribution in [0.2, 0.25) is 0 Å². The molecule has 28 heavy (non-hydrogen) atoms. The Balaban J connectivity index is 0.00000280. The van der Waals surface area contributed by atoms with Crippen molar-refractivity contribution in [2.24, 2.45) is 4.99 Å². The van der Waals surface area contributed by atoms with Gasteiger partial charge in [-0.2, -0.15) is 0 Å². The first kappa shape index (κ1) is 22.6. The summed E-state index contributed by atoms with van der Waals surface area (Å²) in [7, 11) is 0. The molecular formula is C20H29FIN5O. The molecule has 2 aromatic heterocycles. The van der Waals surface area contributed by atoms with E-state index in [2.05, 4.69) is 25.5 Å². The normalized spacial score (nSPS) is 16.3. The Morgan fingerprint density at radius 1 is 1.25 bits per heavy atom. The highest BCUT2D eigenvalue weighted by Gasteiger charge is 2.24. The van der Waals surface area contributed by atoms with Crippen molar-refractivity contribution in [2.45, 2.75) is 38.8 Å². The van der Waals surface area contributed by atoms with Gasteiger partial charge in [-0.05, 0) is 57.1 Å². The van der Waals surface area contributed by atoms with E-state index in [1.54, 1.807) is 18.5 Å². The van der Waals surface area contributed by atoms with E-state index < -0.39 is 0 Å². The fourth-order valence-electron chi connectivity index (χ4n) is 3.34. The number of aromatic nitrogens is 1. The minimum Gasteiger partial charge on any atom is -0.468 e. The van der Waals surface area contributed by atoms with Gasteiger partial charge < -0.3 is 15.1 Å². The number of hydrogen-bond donors (Lipinski definition) is 2. The van der Waals surface area contributed by atoms with Gasteiger partial charge in [0, 0.05) is 19.3 Å². The Labute approximate surface area is 183 Å². The zero-order valence-corrected chi connectivity index (χ0v) is 18.6. The molecule has 1 aliphatic rings. The Morgan fingerprint density at radius 3 is 2.75 bits per heavy atom. The van der Waals surface area contributed by atoms with Crippen molar-refractivity contribution in [3.05, 3.63) is 54.0 Å². The molecule has 1 unspecified atom stereocenters. The summed E-state index contributed by atoms with van der Waals surface area (Å²) in [4.78, 5) is 11.0. The van der Waals surface area contributed by atoms with Crippen LogP contribution in [0.5, 0.6) is 0 Å². The Kier molecular flexibility index (Phi) is 9.69. The molecule has 0 spiro atoms. The zero-order chi connectivity index (χ0) is 18.9. The van der Waals surface area contributed by atoms with Crippen molar-refractivity contribution in [3.63, 3.8) is 0 Å². The van der Waals surface area contributed by atoms with E-state index in [0.29, 0.717) is 18.2 Å². The van der Waals surface area contributed by atoms with Crippen molar-refractivity contribution in [1.82, 2.24) is 20.5 Å². The number of guanidine groups is 1. The van der Waals surface area contributed by atoms with E-state index in [9.17, 15) is 4.39 Å². The van der Waals surface area contributed by atoms with E-state index in [-0.39, 0.29) is 42.4 Å². The van der Waals surface area contributed by atoms with Gasteiger partial charge in [0.25, 0.3) is 0 Å². The van der Waals surface area contributed by atoms with Crippen LogP contribution in [0.4, 0.5) is 4.39 Å². The predicted molar refractivity (Wildman–Crippen MR) is 119 cm³/mol. The number of nitrogens with one attached hydrogen (secondary N) is 2. The van der Waals surface area contributed by atoms with Crippen LogP contribution in [0.3, 0.4) is 0 Å². The third-order valence-corrected chi connectivity index (χ3v) is 4.73. The highest BCUT2D eigenvalue weighted by molar-refractivity contribution is 14.0. The van der Waals surface area contributed by atoms with Crippen LogP contribution in [-0.2, 0) is 6.54 Å². The van der Waals surface area contributed by atoms with E-state index >= 15 is 0 Å². The highest BCUT2D eigenvalue weighted by atomic mass is 127. The minimum atomic E-state index is -0.334. The molecule has 2 N–H and O–H groups in total. The molecule has 8 heteroatoms. The number of hydrogen-bond acceptors (Lipinski definition) is 4. The Hall–Kier alpha value is -1.68. The van der Waals surface area contributed by atoms with Crippen LogP contribution in [0, 0.1) is 5.82 Å². The molecule has 0 radical (unpaired) electrons. The molecule has 0 aromatic carbocycles. The summed E-state index contributed by atoms with van der Waals surface area (Å²) in [6, 6.07) is 7.08. The largest absolute Gasteiger partial charge is 0.468 e. The number of halogens is 2. The van der Waals surface area contributed by atoms with E-state index in [1.807, 2.05) is 19.1 Å². The lowest BCUT2D eigenvalue weighted by Gasteiger charge is -2.33. The molecule has 0 aliphatic carbocycles. The molecule has 3 rings (SSSR count). The molecular weight excluding hydrogens is 472 g/mol. The second-order valence-electron chi connectivity index (χ2n) is 6.64. The molecule has 1 saturated heterocycles. The van der Waals surface area contributed by atoms with Crippen LogP contribution >= 0.6 is 24.0 Å². The lowest BCUT2D eigenvalue weighted by Crippen LogP contribution is -2.44. The molecule has 6 nitrogen and oxygen atoms in total. The number of rotatable bonds is 7. The first-order chi connectivity index (χ1) is 13.3. The Morgan fingerprint density at radius 2 is 2.07 bits per heavy atom. The van der Waals surface area contributed by atoms with Gasteiger partial charge >= 0.3 is 0 Å². The summed E-state index contributed by atoms with van der Waals surface area (Å²) in [6.07, 6.45) is 7.01. The van der Waals surface area contributed by atoms with Crippen LogP contribution in [0.25, 0.3) is 0 Å². The van der Waals surface area contributed by atoms with Crippen molar-refractivity contribution in [3.8, 4) is 0 Å². The number of nitrogens with zero attached hydrogens (tertiary/aromatic N) is 3. The van der Waals surface area contributed by atoms with Crippen LogP contribution < -0.4 is 10.6 Å². The second-order valence-corrected chi connectivity index (χ2v) is 6.64. The van der Waals surface area contributed by atoms with Gasteiger partial charge in [0.1, 0.15) is 11.6 Å². The summed E-state index contributed by atoms with van der Waals surface area (Å²) in [6.45, 7) is 5.74. The second kappa shape index (κ2) is 12.0. The standard InChI is InChI=1S/C20H28FN5O.HI/c1-2-22-20(24-14-17-16(21)8-6-10-23-17)25-15-18(19-9-7-13-27-19)26-11-4-3-5-12-26;/h6-10,13,18H,2-5,11-12,14-15H2,1H3,(H2,22,24,25);1H. The lowest BCUT2D eigenvalue weighted by atomic mass is 10.1. The number of aliphatic imine (C=N–C) groups is 1. The number of likely N-dealkylation sites (tertiary alicyclic amines) is 1. The summed E-state index contributed by atoms with van der Waals surface area (Å²) in [5.74, 6) is 1.27. The van der Waals surface area contributed by atoms with E-state index in [1.165, 1.54) is 25.3 Å². The van der Waals surface area contributed by atoms with Crippen LogP contribution in [0.1, 0.15) is 43.7 Å². The van der Waals surface area contributed by atoms with Crippen molar-refractivity contribution in [2.75, 3.05) is 26.2 Å². The monoisotopic (exact) mass is 501 g/mol. The van der Waals surface area contributed by atoms with Gasteiger partial charge in [-0.25, -0.2) is 9.38 Å². The molecule has 0 saturated carbocycles. The molecule has 0 bridgehead atoms. The fourth-order valence-corrected chi connectivity index (χ4v) is 3.34. The van der Waals surface area contributed by atoms with Gasteiger partial charge in [0.05, 0.1) is 24.5 Å². The van der Waals surface area contributed by atoms with E-state index in [4.69, 9.17) is 4.42 Å². The first-order valence-electron chi connectivity index (χ1n) is 9.67. The van der Waals surface area contributed by atoms with Gasteiger partial charge in [-0.1, -0.05) is 6.42 Å². The Bertz CT molecular complexity index is 719. The smallest absolute Gasteiger partial charge is 0.191 e. The zero-order valence-electron chi connectivity index (χ0n) is 16.2. The van der Waals surface area contributed by atoms with Crippen molar-refractivity contribution < 1.29 is 8.81 Å². The van der Waals surface area contributed by atoms with E-state index in [0.717, 1.165) is 25.4 Å². The first-order valence-corrected chi connectivity index (χ1v) is 9.67. The van der Waals surface area contributed by atoms with Crippen molar-refractivity contribution >= 4 is 29.9 Å². The number of pyridine rings is 1. The van der Waals surface area contributed by atoms with Crippen LogP contribution in [-0.4, -0.2) is 42.0 Å². The molecule has 0 amide bonds. The number of furan rings is 1. The quantitative estimate of drug-likeness (QED) is 0.344.